The molecular formula is C16H25NO. The van der Waals surface area contributed by atoms with Gasteiger partial charge in [-0.05, 0) is 36.3 Å². The number of nitrogens with zero attached hydrogens (tertiary/aromatic N) is 1. The molecule has 1 N–H and O–H groups in total. The highest BCUT2D eigenvalue weighted by Gasteiger charge is 2.23. The van der Waals surface area contributed by atoms with Gasteiger partial charge in [0.2, 0.25) is 0 Å². The van der Waals surface area contributed by atoms with E-state index in [1.165, 1.54) is 24.1 Å². The van der Waals surface area contributed by atoms with E-state index < -0.39 is 0 Å². The van der Waals surface area contributed by atoms with Gasteiger partial charge in [0.25, 0.3) is 0 Å². The first-order valence-electron chi connectivity index (χ1n) is 6.99. The smallest absolute Gasteiger partial charge is 0.0605 e. The fraction of sp³-hybridized carbons (Fsp3) is 0.625. The van der Waals surface area contributed by atoms with Gasteiger partial charge in [0.15, 0.2) is 0 Å². The van der Waals surface area contributed by atoms with E-state index in [9.17, 15) is 5.11 Å². The van der Waals surface area contributed by atoms with Crippen molar-refractivity contribution < 1.29 is 5.11 Å². The number of hydrogen-bond donors (Lipinski definition) is 1. The molecule has 2 nitrogen and oxygen atoms in total. The van der Waals surface area contributed by atoms with Gasteiger partial charge in [-0.15, -0.1) is 0 Å². The molecule has 100 valence electrons. The van der Waals surface area contributed by atoms with Crippen LogP contribution < -0.4 is 4.90 Å². The first-order valence-corrected chi connectivity index (χ1v) is 6.99. The summed E-state index contributed by atoms with van der Waals surface area (Å²) in [5.74, 6) is 0. The Morgan fingerprint density at radius 1 is 1.28 bits per heavy atom. The molecule has 1 aromatic carbocycles. The first kappa shape index (κ1) is 13.4. The summed E-state index contributed by atoms with van der Waals surface area (Å²) in [6.45, 7) is 8.37. The van der Waals surface area contributed by atoms with Crippen LogP contribution in [0, 0.1) is 5.41 Å². The van der Waals surface area contributed by atoms with Crippen LogP contribution in [-0.4, -0.2) is 24.3 Å². The molecule has 0 bridgehead atoms. The zero-order valence-corrected chi connectivity index (χ0v) is 11.8. The van der Waals surface area contributed by atoms with Crippen LogP contribution in [0.4, 0.5) is 5.69 Å². The molecule has 0 aliphatic carbocycles. The van der Waals surface area contributed by atoms with Gasteiger partial charge in [-0.1, -0.05) is 39.0 Å². The molecule has 18 heavy (non-hydrogen) atoms. The van der Waals surface area contributed by atoms with E-state index >= 15 is 0 Å². The number of fused-ring (bicyclic) bond motifs is 1. The van der Waals surface area contributed by atoms with Crippen LogP contribution in [0.2, 0.25) is 0 Å². The minimum Gasteiger partial charge on any atom is -0.393 e. The quantitative estimate of drug-likeness (QED) is 0.886. The summed E-state index contributed by atoms with van der Waals surface area (Å²) in [5.41, 5.74) is 2.80. The molecule has 1 aromatic rings. The second-order valence-electron chi connectivity index (χ2n) is 6.39. The second-order valence-corrected chi connectivity index (χ2v) is 6.39. The van der Waals surface area contributed by atoms with Crippen molar-refractivity contribution in [2.75, 3.05) is 18.0 Å². The number of hydrogen-bond acceptors (Lipinski definition) is 2. The fourth-order valence-corrected chi connectivity index (χ4v) is 2.55. The molecule has 0 saturated heterocycles. The summed E-state index contributed by atoms with van der Waals surface area (Å²) in [6.07, 6.45) is 3.03. The topological polar surface area (TPSA) is 23.5 Å². The molecule has 0 aromatic heterocycles. The summed E-state index contributed by atoms with van der Waals surface area (Å²) in [5, 5.41) is 10.1. The summed E-state index contributed by atoms with van der Waals surface area (Å²) < 4.78 is 0. The lowest BCUT2D eigenvalue weighted by molar-refractivity contribution is 0.0573. The number of anilines is 1. The van der Waals surface area contributed by atoms with Crippen molar-refractivity contribution in [3.8, 4) is 0 Å². The van der Waals surface area contributed by atoms with Gasteiger partial charge in [0.05, 0.1) is 6.10 Å². The molecule has 0 saturated carbocycles. The first-order chi connectivity index (χ1) is 8.48. The standard InChI is InChI=1S/C16H25NO/c1-16(2,3)15(18)10-12-17-11-6-8-13-7-4-5-9-14(13)17/h4-5,7,9,15,18H,6,8,10-12H2,1-3H3. The number of rotatable bonds is 3. The van der Waals surface area contributed by atoms with Crippen LogP contribution in [0.15, 0.2) is 24.3 Å². The van der Waals surface area contributed by atoms with Gasteiger partial charge >= 0.3 is 0 Å². The summed E-state index contributed by atoms with van der Waals surface area (Å²) in [6, 6.07) is 8.66. The lowest BCUT2D eigenvalue weighted by Gasteiger charge is -2.34. The maximum absolute atomic E-state index is 10.1. The van der Waals surface area contributed by atoms with Crippen LogP contribution >= 0.6 is 0 Å². The van der Waals surface area contributed by atoms with Crippen LogP contribution in [0.5, 0.6) is 0 Å². The molecule has 0 amide bonds. The molecule has 1 aliphatic heterocycles. The zero-order valence-electron chi connectivity index (χ0n) is 11.8. The van der Waals surface area contributed by atoms with E-state index in [4.69, 9.17) is 0 Å². The van der Waals surface area contributed by atoms with Crippen LogP contribution in [-0.2, 0) is 6.42 Å². The third kappa shape index (κ3) is 3.05. The van der Waals surface area contributed by atoms with Gasteiger partial charge in [-0.25, -0.2) is 0 Å². The van der Waals surface area contributed by atoms with E-state index in [-0.39, 0.29) is 11.5 Å². The molecule has 1 atom stereocenters. The van der Waals surface area contributed by atoms with Gasteiger partial charge in [-0.3, -0.25) is 0 Å². The monoisotopic (exact) mass is 247 g/mol. The Morgan fingerprint density at radius 2 is 2.00 bits per heavy atom. The number of aliphatic hydroxyl groups excluding tert-OH is 1. The predicted molar refractivity (Wildman–Crippen MR) is 77.1 cm³/mol. The molecule has 1 aliphatic rings. The Hall–Kier alpha value is -1.02. The summed E-state index contributed by atoms with van der Waals surface area (Å²) in [7, 11) is 0. The van der Waals surface area contributed by atoms with Crippen molar-refractivity contribution in [1.82, 2.24) is 0 Å². The molecular weight excluding hydrogens is 222 g/mol. The van der Waals surface area contributed by atoms with Gasteiger partial charge in [0.1, 0.15) is 0 Å². The lowest BCUT2D eigenvalue weighted by Crippen LogP contribution is -2.35. The average molecular weight is 247 g/mol. The van der Waals surface area contributed by atoms with Crippen molar-refractivity contribution in [1.29, 1.82) is 0 Å². The predicted octanol–water partition coefficient (Wildman–Crippen LogP) is 3.24. The minimum atomic E-state index is -0.230. The average Bonchev–Trinajstić information content (AvgIpc) is 2.34. The maximum Gasteiger partial charge on any atom is 0.0605 e. The molecule has 0 radical (unpaired) electrons. The Balaban J connectivity index is 2.00. The summed E-state index contributed by atoms with van der Waals surface area (Å²) >= 11 is 0. The van der Waals surface area contributed by atoms with Crippen LogP contribution in [0.1, 0.15) is 39.2 Å². The molecule has 2 rings (SSSR count). The van der Waals surface area contributed by atoms with Gasteiger partial charge in [0, 0.05) is 18.8 Å². The highest BCUT2D eigenvalue weighted by molar-refractivity contribution is 5.55. The number of benzene rings is 1. The van der Waals surface area contributed by atoms with Crippen molar-refractivity contribution in [2.45, 2.75) is 46.1 Å². The van der Waals surface area contributed by atoms with Crippen molar-refractivity contribution in [3.05, 3.63) is 29.8 Å². The van der Waals surface area contributed by atoms with E-state index in [1.807, 2.05) is 0 Å². The highest BCUT2D eigenvalue weighted by Crippen LogP contribution is 2.28. The molecule has 0 fully saturated rings. The van der Waals surface area contributed by atoms with Crippen LogP contribution in [0.25, 0.3) is 0 Å². The van der Waals surface area contributed by atoms with E-state index in [0.29, 0.717) is 0 Å². The van der Waals surface area contributed by atoms with Crippen LogP contribution in [0.3, 0.4) is 0 Å². The molecule has 0 spiro atoms. The normalized spacial score (nSPS) is 17.4. The third-order valence-corrected chi connectivity index (χ3v) is 3.88. The van der Waals surface area contributed by atoms with E-state index in [2.05, 4.69) is 49.9 Å². The van der Waals surface area contributed by atoms with Gasteiger partial charge in [-0.2, -0.15) is 0 Å². The Kier molecular flexibility index (Phi) is 3.96. The SMILES string of the molecule is CC(C)(C)C(O)CCN1CCCc2ccccc21. The molecule has 2 heteroatoms. The summed E-state index contributed by atoms with van der Waals surface area (Å²) in [4.78, 5) is 2.42. The van der Waals surface area contributed by atoms with Crippen molar-refractivity contribution in [3.63, 3.8) is 0 Å². The zero-order chi connectivity index (χ0) is 13.2. The highest BCUT2D eigenvalue weighted by atomic mass is 16.3. The second kappa shape index (κ2) is 5.31. The molecule has 1 heterocycles. The van der Waals surface area contributed by atoms with Crippen molar-refractivity contribution >= 4 is 5.69 Å². The Morgan fingerprint density at radius 3 is 2.72 bits per heavy atom. The lowest BCUT2D eigenvalue weighted by atomic mass is 9.87. The van der Waals surface area contributed by atoms with E-state index in [0.717, 1.165) is 19.5 Å². The van der Waals surface area contributed by atoms with E-state index in [1.54, 1.807) is 0 Å². The molecule has 1 unspecified atom stereocenters. The number of aliphatic hydroxyl groups is 1. The fourth-order valence-electron chi connectivity index (χ4n) is 2.55. The number of aryl methyl sites for hydroxylation is 1. The minimum absolute atomic E-state index is 0.0185. The Labute approximate surface area is 111 Å². The largest absolute Gasteiger partial charge is 0.393 e. The third-order valence-electron chi connectivity index (χ3n) is 3.88. The Bertz CT molecular complexity index is 394. The number of para-hydroxylation sites is 1. The van der Waals surface area contributed by atoms with Crippen molar-refractivity contribution in [2.24, 2.45) is 5.41 Å². The maximum atomic E-state index is 10.1. The van der Waals surface area contributed by atoms with Gasteiger partial charge < -0.3 is 10.0 Å².